The fourth-order valence-electron chi connectivity index (χ4n) is 4.83. The average Bonchev–Trinajstić information content (AvgIpc) is 3.03. The second kappa shape index (κ2) is 15.2. The molecule has 7 nitrogen and oxygen atoms in total. The number of hydrogen-bond donors (Lipinski definition) is 1. The van der Waals surface area contributed by atoms with Gasteiger partial charge in [0.05, 0.1) is 10.6 Å². The topological polar surface area (TPSA) is 86.8 Å². The van der Waals surface area contributed by atoms with Crippen molar-refractivity contribution >= 4 is 50.7 Å². The number of sulfonamides is 1. The molecule has 0 aliphatic rings. The van der Waals surface area contributed by atoms with E-state index in [1.165, 1.54) is 17.0 Å². The molecule has 0 saturated carbocycles. The van der Waals surface area contributed by atoms with Gasteiger partial charge < -0.3 is 10.2 Å². The summed E-state index contributed by atoms with van der Waals surface area (Å²) in [5.74, 6) is -0.929. The second-order valence-electron chi connectivity index (χ2n) is 10.2. The first kappa shape index (κ1) is 33.1. The minimum Gasteiger partial charge on any atom is -0.355 e. The standard InChI is InChI=1S/C34H35Cl2N3O4S/c1-3-25-15-19-29(20-16-25)39(44(42,43)30-13-9-6-10-14-30)24-33(40)38(23-27-17-18-28(35)22-31(27)36)32(34(41)37-4-2)21-26-11-7-5-8-12-26/h5-20,22,32H,3-4,21,23-24H2,1-2H3,(H,37,41)/t32-/m1/s1. The third kappa shape index (κ3) is 8.20. The minimum absolute atomic E-state index is 0.0442. The Morgan fingerprint density at radius 1 is 0.818 bits per heavy atom. The zero-order chi connectivity index (χ0) is 31.7. The summed E-state index contributed by atoms with van der Waals surface area (Å²) in [6.45, 7) is 3.57. The molecule has 4 aromatic rings. The van der Waals surface area contributed by atoms with Crippen molar-refractivity contribution in [2.45, 2.75) is 44.2 Å². The molecule has 1 atom stereocenters. The van der Waals surface area contributed by atoms with Gasteiger partial charge in [0.15, 0.2) is 0 Å². The van der Waals surface area contributed by atoms with E-state index in [-0.39, 0.29) is 23.8 Å². The van der Waals surface area contributed by atoms with Gasteiger partial charge in [0, 0.05) is 29.6 Å². The largest absolute Gasteiger partial charge is 0.355 e. The van der Waals surface area contributed by atoms with Gasteiger partial charge in [-0.1, -0.05) is 96.9 Å². The normalized spacial score (nSPS) is 11.9. The molecule has 4 rings (SSSR count). The molecule has 10 heteroatoms. The Labute approximate surface area is 269 Å². The summed E-state index contributed by atoms with van der Waals surface area (Å²) in [6.07, 6.45) is 0.980. The van der Waals surface area contributed by atoms with Gasteiger partial charge in [0.2, 0.25) is 11.8 Å². The summed E-state index contributed by atoms with van der Waals surface area (Å²) >= 11 is 12.7. The Morgan fingerprint density at radius 2 is 1.45 bits per heavy atom. The number of halogens is 2. The number of nitrogens with one attached hydrogen (secondary N) is 1. The first-order valence-electron chi connectivity index (χ1n) is 14.4. The molecule has 0 unspecified atom stereocenters. The van der Waals surface area contributed by atoms with Gasteiger partial charge in [-0.3, -0.25) is 13.9 Å². The van der Waals surface area contributed by atoms with Crippen LogP contribution in [-0.2, 0) is 39.0 Å². The molecule has 0 aliphatic carbocycles. The van der Waals surface area contributed by atoms with E-state index in [9.17, 15) is 18.0 Å². The molecule has 0 saturated heterocycles. The molecule has 0 spiro atoms. The van der Waals surface area contributed by atoms with Crippen LogP contribution in [0.15, 0.2) is 108 Å². The van der Waals surface area contributed by atoms with Crippen LogP contribution >= 0.6 is 23.2 Å². The Bertz CT molecular complexity index is 1670. The summed E-state index contributed by atoms with van der Waals surface area (Å²) in [6, 6.07) is 28.4. The highest BCUT2D eigenvalue weighted by Gasteiger charge is 2.34. The number of amides is 2. The van der Waals surface area contributed by atoms with Crippen molar-refractivity contribution in [1.82, 2.24) is 10.2 Å². The lowest BCUT2D eigenvalue weighted by Crippen LogP contribution is -2.53. The molecule has 44 heavy (non-hydrogen) atoms. The molecule has 0 radical (unpaired) electrons. The van der Waals surface area contributed by atoms with Crippen LogP contribution in [0.3, 0.4) is 0 Å². The SMILES string of the molecule is CCNC(=O)[C@@H](Cc1ccccc1)N(Cc1ccc(Cl)cc1Cl)C(=O)CN(c1ccc(CC)cc1)S(=O)(=O)c1ccccc1. The van der Waals surface area contributed by atoms with Gasteiger partial charge in [0.25, 0.3) is 10.0 Å². The fraction of sp³-hybridized carbons (Fsp3) is 0.235. The molecule has 230 valence electrons. The van der Waals surface area contributed by atoms with Gasteiger partial charge in [-0.2, -0.15) is 0 Å². The summed E-state index contributed by atoms with van der Waals surface area (Å²) < 4.78 is 29.2. The maximum absolute atomic E-state index is 14.4. The number of nitrogens with zero attached hydrogens (tertiary/aromatic N) is 2. The number of anilines is 1. The Morgan fingerprint density at radius 3 is 2.05 bits per heavy atom. The van der Waals surface area contributed by atoms with Crippen LogP contribution in [0.25, 0.3) is 0 Å². The van der Waals surface area contributed by atoms with E-state index < -0.39 is 28.5 Å². The third-order valence-electron chi connectivity index (χ3n) is 7.22. The Hall–Kier alpha value is -3.85. The molecule has 0 bridgehead atoms. The van der Waals surface area contributed by atoms with Crippen molar-refractivity contribution in [1.29, 1.82) is 0 Å². The third-order valence-corrected chi connectivity index (χ3v) is 9.60. The van der Waals surface area contributed by atoms with E-state index in [0.717, 1.165) is 21.9 Å². The number of benzene rings is 4. The molecule has 0 fully saturated rings. The van der Waals surface area contributed by atoms with Crippen LogP contribution in [0, 0.1) is 0 Å². The van der Waals surface area contributed by atoms with Gasteiger partial charge in [0.1, 0.15) is 12.6 Å². The smallest absolute Gasteiger partial charge is 0.264 e. The highest BCUT2D eigenvalue weighted by atomic mass is 35.5. The Balaban J connectivity index is 1.81. The Kier molecular flexibility index (Phi) is 11.4. The lowest BCUT2D eigenvalue weighted by molar-refractivity contribution is -0.140. The van der Waals surface area contributed by atoms with Crippen molar-refractivity contribution < 1.29 is 18.0 Å². The molecular weight excluding hydrogens is 617 g/mol. The van der Waals surface area contributed by atoms with Crippen LogP contribution in [-0.4, -0.2) is 44.3 Å². The number of rotatable bonds is 13. The molecule has 0 aromatic heterocycles. The molecule has 1 N–H and O–H groups in total. The van der Waals surface area contributed by atoms with Crippen molar-refractivity contribution in [3.8, 4) is 0 Å². The van der Waals surface area contributed by atoms with E-state index in [1.54, 1.807) is 55.5 Å². The highest BCUT2D eigenvalue weighted by Crippen LogP contribution is 2.27. The molecule has 0 aliphatic heterocycles. The second-order valence-corrected chi connectivity index (χ2v) is 12.9. The fourth-order valence-corrected chi connectivity index (χ4v) is 6.73. The van der Waals surface area contributed by atoms with E-state index in [1.807, 2.05) is 49.4 Å². The highest BCUT2D eigenvalue weighted by molar-refractivity contribution is 7.92. The van der Waals surface area contributed by atoms with Gasteiger partial charge >= 0.3 is 0 Å². The van der Waals surface area contributed by atoms with Crippen LogP contribution in [0.2, 0.25) is 10.0 Å². The molecular formula is C34H35Cl2N3O4S. The number of hydrogen-bond acceptors (Lipinski definition) is 4. The predicted molar refractivity (Wildman–Crippen MR) is 176 cm³/mol. The number of carbonyl (C=O) groups excluding carboxylic acids is 2. The van der Waals surface area contributed by atoms with Gasteiger partial charge in [-0.05, 0) is 66.4 Å². The quantitative estimate of drug-likeness (QED) is 0.178. The van der Waals surface area contributed by atoms with Crippen molar-refractivity contribution in [3.63, 3.8) is 0 Å². The first-order valence-corrected chi connectivity index (χ1v) is 16.5. The van der Waals surface area contributed by atoms with Crippen molar-refractivity contribution in [2.24, 2.45) is 0 Å². The lowest BCUT2D eigenvalue weighted by atomic mass is 10.0. The summed E-state index contributed by atoms with van der Waals surface area (Å²) in [7, 11) is -4.16. The maximum Gasteiger partial charge on any atom is 0.264 e. The van der Waals surface area contributed by atoms with Crippen LogP contribution in [0.1, 0.15) is 30.5 Å². The summed E-state index contributed by atoms with van der Waals surface area (Å²) in [4.78, 5) is 29.4. The van der Waals surface area contributed by atoms with Crippen LogP contribution in [0.5, 0.6) is 0 Å². The van der Waals surface area contributed by atoms with Crippen LogP contribution < -0.4 is 9.62 Å². The zero-order valence-electron chi connectivity index (χ0n) is 24.6. The number of carbonyl (C=O) groups is 2. The van der Waals surface area contributed by atoms with E-state index in [4.69, 9.17) is 23.2 Å². The average molecular weight is 653 g/mol. The molecule has 2 amide bonds. The first-order chi connectivity index (χ1) is 21.1. The maximum atomic E-state index is 14.4. The number of likely N-dealkylation sites (N-methyl/N-ethyl adjacent to an activating group) is 1. The predicted octanol–water partition coefficient (Wildman–Crippen LogP) is 6.53. The summed E-state index contributed by atoms with van der Waals surface area (Å²) in [5.41, 5.74) is 2.76. The van der Waals surface area contributed by atoms with Crippen molar-refractivity contribution in [3.05, 3.63) is 130 Å². The van der Waals surface area contributed by atoms with Gasteiger partial charge in [-0.15, -0.1) is 0 Å². The van der Waals surface area contributed by atoms with E-state index >= 15 is 0 Å². The lowest BCUT2D eigenvalue weighted by Gasteiger charge is -2.34. The van der Waals surface area contributed by atoms with Gasteiger partial charge in [-0.25, -0.2) is 8.42 Å². The molecule has 0 heterocycles. The van der Waals surface area contributed by atoms with Crippen molar-refractivity contribution in [2.75, 3.05) is 17.4 Å². The summed E-state index contributed by atoms with van der Waals surface area (Å²) in [5, 5.41) is 3.60. The van der Waals surface area contributed by atoms with Crippen LogP contribution in [0.4, 0.5) is 5.69 Å². The monoisotopic (exact) mass is 651 g/mol. The molecule has 4 aromatic carbocycles. The van der Waals surface area contributed by atoms with E-state index in [0.29, 0.717) is 27.8 Å². The number of aryl methyl sites for hydroxylation is 1. The minimum atomic E-state index is -4.16. The zero-order valence-corrected chi connectivity index (χ0v) is 26.9. The van der Waals surface area contributed by atoms with E-state index in [2.05, 4.69) is 5.32 Å².